The van der Waals surface area contributed by atoms with Crippen LogP contribution in [0.15, 0.2) is 94.2 Å². The molecule has 0 bridgehead atoms. The number of nitrogens with one attached hydrogen (secondary N) is 1. The first-order valence-electron chi connectivity index (χ1n) is 14.4. The molecule has 1 amide bonds. The lowest BCUT2D eigenvalue weighted by Gasteiger charge is -2.23. The van der Waals surface area contributed by atoms with Gasteiger partial charge in [0.25, 0.3) is 0 Å². The van der Waals surface area contributed by atoms with Gasteiger partial charge in [-0.05, 0) is 95.0 Å². The first kappa shape index (κ1) is 35.7. The molecule has 238 valence electrons. The van der Waals surface area contributed by atoms with Crippen LogP contribution in [0.2, 0.25) is 5.02 Å². The molecule has 0 spiro atoms. The van der Waals surface area contributed by atoms with E-state index >= 15 is 4.39 Å². The van der Waals surface area contributed by atoms with Crippen LogP contribution in [0.3, 0.4) is 0 Å². The molecule has 44 heavy (non-hydrogen) atoms. The van der Waals surface area contributed by atoms with Gasteiger partial charge in [-0.2, -0.15) is 4.39 Å². The second kappa shape index (κ2) is 17.0. The van der Waals surface area contributed by atoms with Crippen molar-refractivity contribution in [3.63, 3.8) is 0 Å². The van der Waals surface area contributed by atoms with Gasteiger partial charge in [-0.25, -0.2) is 4.79 Å². The number of aryl methyl sites for hydroxylation is 1. The minimum absolute atomic E-state index is 0.00628. The van der Waals surface area contributed by atoms with Crippen LogP contribution in [0.1, 0.15) is 52.2 Å². The monoisotopic (exact) mass is 663 g/mol. The topological polar surface area (TPSA) is 83.1 Å². The van der Waals surface area contributed by atoms with Crippen LogP contribution in [0.5, 0.6) is 5.75 Å². The molecule has 7 nitrogen and oxygen atoms in total. The highest BCUT2D eigenvalue weighted by molar-refractivity contribution is 7.99. The zero-order valence-electron chi connectivity index (χ0n) is 25.7. The quantitative estimate of drug-likeness (QED) is 0.162. The molecule has 3 aromatic rings. The van der Waals surface area contributed by atoms with Gasteiger partial charge in [0.2, 0.25) is 5.57 Å². The van der Waals surface area contributed by atoms with Gasteiger partial charge in [0.1, 0.15) is 18.0 Å². The lowest BCUT2D eigenvalue weighted by atomic mass is 10.1. The molecule has 0 heterocycles. The minimum atomic E-state index is -4.15. The molecule has 0 fully saturated rings. The van der Waals surface area contributed by atoms with Crippen LogP contribution in [0.25, 0.3) is 0 Å². The Kier molecular flexibility index (Phi) is 13.8. The van der Waals surface area contributed by atoms with E-state index in [4.69, 9.17) is 30.1 Å². The van der Waals surface area contributed by atoms with Gasteiger partial charge >= 0.3 is 13.7 Å². The van der Waals surface area contributed by atoms with Crippen molar-refractivity contribution in [2.75, 3.05) is 13.2 Å². The Morgan fingerprint density at radius 3 is 2.32 bits per heavy atom. The predicted octanol–water partition coefficient (Wildman–Crippen LogP) is 9.97. The average molecular weight is 664 g/mol. The number of hydrogen-bond donors (Lipinski definition) is 1. The van der Waals surface area contributed by atoms with Gasteiger partial charge in [-0.15, -0.1) is 0 Å². The van der Waals surface area contributed by atoms with Crippen LogP contribution >= 0.6 is 31.0 Å². The third-order valence-electron chi connectivity index (χ3n) is 5.94. The fraction of sp³-hybridized carbons (Fsp3) is 0.364. The first-order chi connectivity index (χ1) is 20.9. The van der Waals surface area contributed by atoms with Crippen LogP contribution in [0, 0.1) is 0 Å². The van der Waals surface area contributed by atoms with E-state index in [9.17, 15) is 9.36 Å². The molecule has 11 heteroatoms. The second-order valence-electron chi connectivity index (χ2n) is 10.7. The molecule has 3 rings (SSSR count). The SMILES string of the molecule is CCOP(=O)(OCC)/C(F)=C\C(CCc1ccc(Sc2cccc(OCc3ccccc3)c2)cc1Cl)NC(=O)OC(C)(C)C. The lowest BCUT2D eigenvalue weighted by molar-refractivity contribution is 0.0512. The van der Waals surface area contributed by atoms with Crippen LogP contribution in [-0.4, -0.2) is 30.9 Å². The summed E-state index contributed by atoms with van der Waals surface area (Å²) in [6.07, 6.45) is 0.964. The number of carbonyl (C=O) groups is 1. The van der Waals surface area contributed by atoms with Crippen molar-refractivity contribution < 1.29 is 32.3 Å². The van der Waals surface area contributed by atoms with E-state index in [0.717, 1.165) is 32.7 Å². The summed E-state index contributed by atoms with van der Waals surface area (Å²) in [6.45, 7) is 8.83. The lowest BCUT2D eigenvalue weighted by Crippen LogP contribution is -2.38. The van der Waals surface area contributed by atoms with E-state index in [2.05, 4.69) is 5.32 Å². The molecule has 0 aromatic heterocycles. The average Bonchev–Trinajstić information content (AvgIpc) is 2.95. The van der Waals surface area contributed by atoms with Crippen LogP contribution in [-0.2, 0) is 31.4 Å². The van der Waals surface area contributed by atoms with Crippen molar-refractivity contribution in [2.45, 2.75) is 75.5 Å². The van der Waals surface area contributed by atoms with Gasteiger partial charge in [0.15, 0.2) is 0 Å². The maximum Gasteiger partial charge on any atom is 0.408 e. The zero-order valence-corrected chi connectivity index (χ0v) is 28.1. The summed E-state index contributed by atoms with van der Waals surface area (Å²) in [5.41, 5.74) is 0.0635. The molecule has 3 aromatic carbocycles. The molecule has 0 aliphatic heterocycles. The Bertz CT molecular complexity index is 1440. The van der Waals surface area contributed by atoms with E-state index in [-0.39, 0.29) is 19.6 Å². The Morgan fingerprint density at radius 1 is 1.00 bits per heavy atom. The number of alkyl carbamates (subject to hydrolysis) is 1. The summed E-state index contributed by atoms with van der Waals surface area (Å²) < 4.78 is 49.7. The highest BCUT2D eigenvalue weighted by Crippen LogP contribution is 2.56. The van der Waals surface area contributed by atoms with E-state index < -0.39 is 30.9 Å². The number of benzene rings is 3. The van der Waals surface area contributed by atoms with Crippen LogP contribution < -0.4 is 10.1 Å². The minimum Gasteiger partial charge on any atom is -0.489 e. The van der Waals surface area contributed by atoms with Crippen molar-refractivity contribution in [1.82, 2.24) is 5.32 Å². The Labute approximate surface area is 269 Å². The van der Waals surface area contributed by atoms with E-state index in [1.165, 1.54) is 0 Å². The highest BCUT2D eigenvalue weighted by Gasteiger charge is 2.32. The number of halogens is 2. The Hall–Kier alpha value is -2.81. The second-order valence-corrected chi connectivity index (χ2v) is 14.2. The zero-order chi connectivity index (χ0) is 32.2. The summed E-state index contributed by atoms with van der Waals surface area (Å²) in [5, 5.41) is 3.18. The third kappa shape index (κ3) is 11.9. The van der Waals surface area contributed by atoms with E-state index in [0.29, 0.717) is 18.1 Å². The van der Waals surface area contributed by atoms with Gasteiger partial charge in [-0.3, -0.25) is 4.57 Å². The number of amides is 1. The molecule has 1 N–H and O–H groups in total. The van der Waals surface area contributed by atoms with Gasteiger partial charge in [0.05, 0.1) is 19.3 Å². The fourth-order valence-corrected chi connectivity index (χ4v) is 6.63. The van der Waals surface area contributed by atoms with Gasteiger partial charge in [-0.1, -0.05) is 65.8 Å². The molecular formula is C33H40ClFNO6PS. The molecule has 1 atom stereocenters. The molecule has 0 aliphatic carbocycles. The highest BCUT2D eigenvalue weighted by atomic mass is 35.5. The van der Waals surface area contributed by atoms with Crippen molar-refractivity contribution in [1.29, 1.82) is 0 Å². The standard InChI is InChI=1S/C33H40ClFNO6PS/c1-6-40-43(38,41-7-2)31(35)20-26(36-32(37)42-33(3,4)5)18-16-25-17-19-29(22-30(25)34)44-28-15-11-14-27(21-28)39-23-24-12-9-8-10-13-24/h8-15,17,19-22,26H,6-7,16,18,23H2,1-5H3,(H,36,37)/b31-20-. The normalized spacial score (nSPS) is 12.9. The first-order valence-corrected chi connectivity index (χ1v) is 17.1. The summed E-state index contributed by atoms with van der Waals surface area (Å²) in [6, 6.07) is 22.7. The summed E-state index contributed by atoms with van der Waals surface area (Å²) in [5.74, 6) is 0.767. The molecular weight excluding hydrogens is 624 g/mol. The van der Waals surface area contributed by atoms with Crippen molar-refractivity contribution in [3.05, 3.63) is 101 Å². The third-order valence-corrected chi connectivity index (χ3v) is 9.14. The predicted molar refractivity (Wildman–Crippen MR) is 174 cm³/mol. The Morgan fingerprint density at radius 2 is 1.68 bits per heavy atom. The molecule has 0 radical (unpaired) electrons. The summed E-state index contributed by atoms with van der Waals surface area (Å²) in [4.78, 5) is 14.5. The maximum atomic E-state index is 15.2. The maximum absolute atomic E-state index is 15.2. The van der Waals surface area contributed by atoms with Crippen LogP contribution in [0.4, 0.5) is 9.18 Å². The number of hydrogen-bond acceptors (Lipinski definition) is 7. The molecule has 0 saturated carbocycles. The molecule has 1 unspecified atom stereocenters. The summed E-state index contributed by atoms with van der Waals surface area (Å²) >= 11 is 8.21. The fourth-order valence-electron chi connectivity index (χ4n) is 4.02. The van der Waals surface area contributed by atoms with Crippen molar-refractivity contribution >= 4 is 37.1 Å². The van der Waals surface area contributed by atoms with Gasteiger partial charge < -0.3 is 23.8 Å². The smallest absolute Gasteiger partial charge is 0.408 e. The van der Waals surface area contributed by atoms with Crippen molar-refractivity contribution in [3.8, 4) is 5.75 Å². The molecule has 0 saturated heterocycles. The number of rotatable bonds is 15. The Balaban J connectivity index is 1.70. The van der Waals surface area contributed by atoms with E-state index in [1.807, 2.05) is 72.8 Å². The number of ether oxygens (including phenoxy) is 2. The molecule has 0 aliphatic rings. The largest absolute Gasteiger partial charge is 0.489 e. The van der Waals surface area contributed by atoms with Gasteiger partial charge in [0, 0.05) is 14.8 Å². The number of carbonyl (C=O) groups excluding carboxylic acids is 1. The van der Waals surface area contributed by atoms with E-state index in [1.54, 1.807) is 46.4 Å². The van der Waals surface area contributed by atoms with Crippen molar-refractivity contribution in [2.24, 2.45) is 0 Å². The summed E-state index contributed by atoms with van der Waals surface area (Å²) in [7, 11) is -4.15.